The topological polar surface area (TPSA) is 26.0 Å². The monoisotopic (exact) mass is 201 g/mol. The summed E-state index contributed by atoms with van der Waals surface area (Å²) in [5.74, 6) is 1.50. The Morgan fingerprint density at radius 3 is 2.75 bits per heavy atom. The molecule has 0 aromatic carbocycles. The van der Waals surface area contributed by atoms with Crippen LogP contribution in [0, 0.1) is 11.8 Å². The van der Waals surface area contributed by atoms with E-state index in [-0.39, 0.29) is 6.04 Å². The zero-order valence-electron chi connectivity index (χ0n) is 6.96. The average Bonchev–Trinajstić information content (AvgIpc) is 2.58. The van der Waals surface area contributed by atoms with Gasteiger partial charge in [0.25, 0.3) is 0 Å². The fourth-order valence-electron chi connectivity index (χ4n) is 1.57. The third-order valence-corrected chi connectivity index (χ3v) is 3.89. The summed E-state index contributed by atoms with van der Waals surface area (Å²) < 4.78 is 0.841. The van der Waals surface area contributed by atoms with Crippen molar-refractivity contribution in [3.8, 4) is 0 Å². The van der Waals surface area contributed by atoms with Crippen LogP contribution in [0.15, 0.2) is 12.1 Å². The number of halogens is 1. The average molecular weight is 202 g/mol. The summed E-state index contributed by atoms with van der Waals surface area (Å²) in [6, 6.07) is 4.19. The van der Waals surface area contributed by atoms with Crippen LogP contribution in [0.3, 0.4) is 0 Å². The summed E-state index contributed by atoms with van der Waals surface area (Å²) in [6.45, 7) is 2.25. The maximum absolute atomic E-state index is 6.06. The molecule has 1 nitrogen and oxygen atoms in total. The molecule has 66 valence electrons. The van der Waals surface area contributed by atoms with Gasteiger partial charge in [0.1, 0.15) is 0 Å². The van der Waals surface area contributed by atoms with Crippen LogP contribution in [0.5, 0.6) is 0 Å². The van der Waals surface area contributed by atoms with Crippen molar-refractivity contribution in [1.82, 2.24) is 0 Å². The third kappa shape index (κ3) is 1.51. The van der Waals surface area contributed by atoms with Crippen LogP contribution in [0.2, 0.25) is 4.34 Å². The van der Waals surface area contributed by atoms with Crippen molar-refractivity contribution in [2.45, 2.75) is 19.4 Å². The van der Waals surface area contributed by atoms with E-state index in [1.165, 1.54) is 11.3 Å². The fraction of sp³-hybridized carbons (Fsp3) is 0.556. The maximum atomic E-state index is 6.06. The van der Waals surface area contributed by atoms with Gasteiger partial charge in [0.05, 0.1) is 4.34 Å². The second kappa shape index (κ2) is 3.02. The molecule has 0 bridgehead atoms. The molecule has 12 heavy (non-hydrogen) atoms. The number of hydrogen-bond acceptors (Lipinski definition) is 2. The summed E-state index contributed by atoms with van der Waals surface area (Å²) in [4.78, 5) is 1.23. The minimum Gasteiger partial charge on any atom is -0.323 e. The molecule has 1 aliphatic carbocycles. The number of hydrogen-bond donors (Lipinski definition) is 1. The lowest BCUT2D eigenvalue weighted by atomic mass is 10.1. The van der Waals surface area contributed by atoms with Gasteiger partial charge >= 0.3 is 0 Å². The second-order valence-electron chi connectivity index (χ2n) is 3.54. The highest BCUT2D eigenvalue weighted by molar-refractivity contribution is 7.16. The first-order valence-electron chi connectivity index (χ1n) is 4.19. The fourth-order valence-corrected chi connectivity index (χ4v) is 2.71. The van der Waals surface area contributed by atoms with Gasteiger partial charge in [-0.25, -0.2) is 0 Å². The Hall–Kier alpha value is -0.0500. The molecule has 2 rings (SSSR count). The quantitative estimate of drug-likeness (QED) is 0.782. The molecule has 1 heterocycles. The van der Waals surface area contributed by atoms with Crippen molar-refractivity contribution in [3.63, 3.8) is 0 Å². The van der Waals surface area contributed by atoms with Gasteiger partial charge < -0.3 is 5.73 Å². The van der Waals surface area contributed by atoms with E-state index < -0.39 is 0 Å². The van der Waals surface area contributed by atoms with Gasteiger partial charge in [0.15, 0.2) is 0 Å². The molecule has 3 unspecified atom stereocenters. The molecule has 1 aromatic rings. The Labute approximate surface area is 81.5 Å². The highest BCUT2D eigenvalue weighted by Gasteiger charge is 2.38. The number of thiophene rings is 1. The Morgan fingerprint density at radius 1 is 1.67 bits per heavy atom. The number of nitrogens with two attached hydrogens (primary N) is 1. The molecule has 3 atom stereocenters. The lowest BCUT2D eigenvalue weighted by Crippen LogP contribution is -2.11. The lowest BCUT2D eigenvalue weighted by Gasteiger charge is -2.06. The summed E-state index contributed by atoms with van der Waals surface area (Å²) in [5, 5.41) is 0. The van der Waals surface area contributed by atoms with Crippen LogP contribution < -0.4 is 5.73 Å². The molecular formula is C9H12ClNS. The van der Waals surface area contributed by atoms with Crippen molar-refractivity contribution in [1.29, 1.82) is 0 Å². The first-order valence-corrected chi connectivity index (χ1v) is 5.38. The predicted octanol–water partition coefficient (Wildman–Crippen LogP) is 3.06. The first kappa shape index (κ1) is 8.54. The van der Waals surface area contributed by atoms with E-state index in [9.17, 15) is 0 Å². The van der Waals surface area contributed by atoms with Gasteiger partial charge in [-0.3, -0.25) is 0 Å². The van der Waals surface area contributed by atoms with Crippen LogP contribution in [0.25, 0.3) is 0 Å². The molecule has 1 saturated carbocycles. The molecular weight excluding hydrogens is 190 g/mol. The highest BCUT2D eigenvalue weighted by Crippen LogP contribution is 2.47. The second-order valence-corrected chi connectivity index (χ2v) is 5.29. The Kier molecular flexibility index (Phi) is 2.15. The molecule has 0 radical (unpaired) electrons. The molecule has 1 aromatic heterocycles. The SMILES string of the molecule is CC1CC1C(N)c1ccc(Cl)s1. The van der Waals surface area contributed by atoms with E-state index in [0.29, 0.717) is 5.92 Å². The van der Waals surface area contributed by atoms with E-state index in [2.05, 4.69) is 6.92 Å². The molecule has 3 heteroatoms. The summed E-state index contributed by atoms with van der Waals surface area (Å²) >= 11 is 7.44. The van der Waals surface area contributed by atoms with E-state index in [1.807, 2.05) is 12.1 Å². The first-order chi connectivity index (χ1) is 5.68. The minimum absolute atomic E-state index is 0.220. The third-order valence-electron chi connectivity index (χ3n) is 2.56. The predicted molar refractivity (Wildman–Crippen MR) is 53.5 cm³/mol. The van der Waals surface area contributed by atoms with Crippen molar-refractivity contribution in [3.05, 3.63) is 21.3 Å². The zero-order chi connectivity index (χ0) is 8.72. The van der Waals surface area contributed by atoms with Crippen LogP contribution in [0.1, 0.15) is 24.3 Å². The molecule has 0 amide bonds. The molecule has 0 saturated heterocycles. The van der Waals surface area contributed by atoms with Gasteiger partial charge in [-0.2, -0.15) is 0 Å². The van der Waals surface area contributed by atoms with Crippen molar-refractivity contribution in [2.75, 3.05) is 0 Å². The van der Waals surface area contributed by atoms with Crippen molar-refractivity contribution in [2.24, 2.45) is 17.6 Å². The molecule has 0 spiro atoms. The standard InChI is InChI=1S/C9H12ClNS/c1-5-4-6(5)9(11)7-2-3-8(10)12-7/h2-3,5-6,9H,4,11H2,1H3. The summed E-state index contributed by atoms with van der Waals surface area (Å²) in [6.07, 6.45) is 1.27. The highest BCUT2D eigenvalue weighted by atomic mass is 35.5. The maximum Gasteiger partial charge on any atom is 0.0931 e. The van der Waals surface area contributed by atoms with E-state index >= 15 is 0 Å². The van der Waals surface area contributed by atoms with Gasteiger partial charge in [-0.15, -0.1) is 11.3 Å². The summed E-state index contributed by atoms with van der Waals surface area (Å²) in [7, 11) is 0. The van der Waals surface area contributed by atoms with E-state index in [0.717, 1.165) is 10.3 Å². The lowest BCUT2D eigenvalue weighted by molar-refractivity contribution is 0.603. The Balaban J connectivity index is 2.09. The molecule has 1 aliphatic rings. The van der Waals surface area contributed by atoms with Crippen molar-refractivity contribution >= 4 is 22.9 Å². The Morgan fingerprint density at radius 2 is 2.33 bits per heavy atom. The normalized spacial score (nSPS) is 30.2. The van der Waals surface area contributed by atoms with Gasteiger partial charge in [-0.1, -0.05) is 18.5 Å². The van der Waals surface area contributed by atoms with Gasteiger partial charge in [0, 0.05) is 10.9 Å². The van der Waals surface area contributed by atoms with Crippen LogP contribution in [-0.4, -0.2) is 0 Å². The van der Waals surface area contributed by atoms with Crippen LogP contribution in [-0.2, 0) is 0 Å². The van der Waals surface area contributed by atoms with E-state index in [4.69, 9.17) is 17.3 Å². The van der Waals surface area contributed by atoms with Crippen LogP contribution in [0.4, 0.5) is 0 Å². The van der Waals surface area contributed by atoms with Gasteiger partial charge in [0.2, 0.25) is 0 Å². The largest absolute Gasteiger partial charge is 0.323 e. The summed E-state index contributed by atoms with van der Waals surface area (Å²) in [5.41, 5.74) is 6.06. The van der Waals surface area contributed by atoms with Crippen LogP contribution >= 0.6 is 22.9 Å². The van der Waals surface area contributed by atoms with E-state index in [1.54, 1.807) is 11.3 Å². The molecule has 1 fully saturated rings. The van der Waals surface area contributed by atoms with Crippen molar-refractivity contribution < 1.29 is 0 Å². The Bertz CT molecular complexity index is 284. The zero-order valence-corrected chi connectivity index (χ0v) is 8.53. The smallest absolute Gasteiger partial charge is 0.0931 e. The van der Waals surface area contributed by atoms with Gasteiger partial charge in [-0.05, 0) is 30.4 Å². The number of rotatable bonds is 2. The molecule has 2 N–H and O–H groups in total. The minimum atomic E-state index is 0.220. The molecule has 0 aliphatic heterocycles.